The van der Waals surface area contributed by atoms with E-state index >= 15 is 0 Å². The second-order valence-corrected chi connectivity index (χ2v) is 7.06. The van der Waals surface area contributed by atoms with Crippen LogP contribution in [-0.4, -0.2) is 27.6 Å². The molecule has 3 heterocycles. The predicted octanol–water partition coefficient (Wildman–Crippen LogP) is 3.71. The van der Waals surface area contributed by atoms with Gasteiger partial charge in [-0.1, -0.05) is 11.6 Å². The molecule has 30 heavy (non-hydrogen) atoms. The minimum absolute atomic E-state index is 0.0572. The molecule has 0 bridgehead atoms. The second kappa shape index (κ2) is 8.62. The largest absolute Gasteiger partial charge is 0.485 e. The van der Waals surface area contributed by atoms with Crippen molar-refractivity contribution >= 4 is 17.6 Å². The number of hydrogen-bond acceptors (Lipinski definition) is 6. The Hall–Kier alpha value is -3.26. The fourth-order valence-electron chi connectivity index (χ4n) is 2.87. The summed E-state index contributed by atoms with van der Waals surface area (Å²) in [5.41, 5.74) is 1.90. The molecule has 0 aliphatic rings. The van der Waals surface area contributed by atoms with E-state index in [4.69, 9.17) is 16.3 Å². The van der Waals surface area contributed by atoms with E-state index in [0.29, 0.717) is 22.5 Å². The molecule has 7 nitrogen and oxygen atoms in total. The standard InChI is InChI=1S/C21H19ClFN3O4/c1-11-5-14(23)16(24-8-11)10-30-18-6-13(3)26(20(27)19(18)22)17-7-15(21(28)29-4)25-9-12(17)2/h5-9H,10H2,1-4H3. The zero-order chi connectivity index (χ0) is 22.0. The topological polar surface area (TPSA) is 83.3 Å². The van der Waals surface area contributed by atoms with E-state index in [0.717, 1.165) is 0 Å². The lowest BCUT2D eigenvalue weighted by Gasteiger charge is -2.16. The van der Waals surface area contributed by atoms with Crippen molar-refractivity contribution < 1.29 is 18.7 Å². The summed E-state index contributed by atoms with van der Waals surface area (Å²) >= 11 is 6.25. The van der Waals surface area contributed by atoms with Gasteiger partial charge in [0.1, 0.15) is 34.6 Å². The summed E-state index contributed by atoms with van der Waals surface area (Å²) in [5, 5.41) is -0.177. The first kappa shape index (κ1) is 21.4. The third-order valence-corrected chi connectivity index (χ3v) is 4.78. The van der Waals surface area contributed by atoms with Crippen molar-refractivity contribution in [2.45, 2.75) is 27.4 Å². The van der Waals surface area contributed by atoms with E-state index in [1.165, 1.54) is 36.2 Å². The second-order valence-electron chi connectivity index (χ2n) is 6.68. The molecular weight excluding hydrogens is 413 g/mol. The van der Waals surface area contributed by atoms with Gasteiger partial charge in [-0.05, 0) is 44.0 Å². The number of nitrogens with zero attached hydrogens (tertiary/aromatic N) is 3. The fraction of sp³-hybridized carbons (Fsp3) is 0.238. The van der Waals surface area contributed by atoms with Gasteiger partial charge in [0.25, 0.3) is 5.56 Å². The number of rotatable bonds is 5. The van der Waals surface area contributed by atoms with Crippen molar-refractivity contribution in [1.29, 1.82) is 0 Å². The molecule has 0 aliphatic heterocycles. The summed E-state index contributed by atoms with van der Waals surface area (Å²) in [7, 11) is 1.25. The summed E-state index contributed by atoms with van der Waals surface area (Å²) in [6.07, 6.45) is 3.00. The quantitative estimate of drug-likeness (QED) is 0.573. The number of ether oxygens (including phenoxy) is 2. The van der Waals surface area contributed by atoms with Gasteiger partial charge in [-0.15, -0.1) is 0 Å². The van der Waals surface area contributed by atoms with E-state index in [2.05, 4.69) is 14.7 Å². The Morgan fingerprint density at radius 1 is 1.17 bits per heavy atom. The Labute approximate surface area is 177 Å². The van der Waals surface area contributed by atoms with Gasteiger partial charge >= 0.3 is 5.97 Å². The zero-order valence-corrected chi connectivity index (χ0v) is 17.6. The Morgan fingerprint density at radius 2 is 1.90 bits per heavy atom. The molecule has 3 aromatic heterocycles. The van der Waals surface area contributed by atoms with Crippen LogP contribution in [0.4, 0.5) is 4.39 Å². The molecule has 0 N–H and O–H groups in total. The van der Waals surface area contributed by atoms with Crippen LogP contribution in [0.1, 0.15) is 33.0 Å². The van der Waals surface area contributed by atoms with Crippen LogP contribution in [0.15, 0.2) is 35.4 Å². The first-order chi connectivity index (χ1) is 14.2. The number of pyridine rings is 3. The molecule has 3 aromatic rings. The molecule has 0 atom stereocenters. The van der Waals surface area contributed by atoms with Crippen LogP contribution in [0.25, 0.3) is 5.69 Å². The van der Waals surface area contributed by atoms with Gasteiger partial charge in [-0.2, -0.15) is 0 Å². The lowest BCUT2D eigenvalue weighted by atomic mass is 10.2. The van der Waals surface area contributed by atoms with E-state index in [1.54, 1.807) is 26.8 Å². The van der Waals surface area contributed by atoms with E-state index in [9.17, 15) is 14.0 Å². The highest BCUT2D eigenvalue weighted by molar-refractivity contribution is 6.31. The van der Waals surface area contributed by atoms with Crippen molar-refractivity contribution in [3.8, 4) is 11.4 Å². The molecule has 3 rings (SSSR count). The van der Waals surface area contributed by atoms with Gasteiger partial charge in [-0.3, -0.25) is 14.3 Å². The minimum Gasteiger partial charge on any atom is -0.485 e. The molecule has 9 heteroatoms. The summed E-state index contributed by atoms with van der Waals surface area (Å²) in [5.74, 6) is -1.02. The number of carbonyl (C=O) groups is 1. The van der Waals surface area contributed by atoms with Gasteiger partial charge in [-0.25, -0.2) is 14.2 Å². The fourth-order valence-corrected chi connectivity index (χ4v) is 3.06. The molecule has 0 saturated carbocycles. The van der Waals surface area contributed by atoms with Gasteiger partial charge in [0, 0.05) is 24.2 Å². The average Bonchev–Trinajstić information content (AvgIpc) is 2.71. The lowest BCUT2D eigenvalue weighted by Crippen LogP contribution is -2.23. The monoisotopic (exact) mass is 431 g/mol. The third kappa shape index (κ3) is 4.18. The number of aromatic nitrogens is 3. The van der Waals surface area contributed by atoms with Crippen LogP contribution in [0.3, 0.4) is 0 Å². The summed E-state index contributed by atoms with van der Waals surface area (Å²) < 4.78 is 25.6. The molecule has 0 saturated heterocycles. The average molecular weight is 432 g/mol. The van der Waals surface area contributed by atoms with Crippen LogP contribution in [0, 0.1) is 26.6 Å². The van der Waals surface area contributed by atoms with Crippen molar-refractivity contribution in [3.05, 3.63) is 80.0 Å². The lowest BCUT2D eigenvalue weighted by molar-refractivity contribution is 0.0594. The third-order valence-electron chi connectivity index (χ3n) is 4.43. The smallest absolute Gasteiger partial charge is 0.356 e. The van der Waals surface area contributed by atoms with Crippen molar-refractivity contribution in [2.75, 3.05) is 7.11 Å². The Balaban J connectivity index is 2.00. The first-order valence-corrected chi connectivity index (χ1v) is 9.32. The van der Waals surface area contributed by atoms with Crippen LogP contribution in [-0.2, 0) is 11.3 Å². The molecule has 0 aromatic carbocycles. The minimum atomic E-state index is -0.624. The molecular formula is C21H19ClFN3O4. The van der Waals surface area contributed by atoms with Crippen molar-refractivity contribution in [3.63, 3.8) is 0 Å². The van der Waals surface area contributed by atoms with Gasteiger partial charge < -0.3 is 9.47 Å². The van der Waals surface area contributed by atoms with Gasteiger partial charge in [0.05, 0.1) is 12.8 Å². The predicted molar refractivity (Wildman–Crippen MR) is 109 cm³/mol. The molecule has 0 radical (unpaired) electrons. The maximum absolute atomic E-state index is 14.0. The maximum atomic E-state index is 14.0. The number of carbonyl (C=O) groups excluding carboxylic acids is 1. The van der Waals surface area contributed by atoms with Crippen molar-refractivity contribution in [2.24, 2.45) is 0 Å². The molecule has 0 unspecified atom stereocenters. The number of hydrogen-bond donors (Lipinski definition) is 0. The highest BCUT2D eigenvalue weighted by atomic mass is 35.5. The summed E-state index contributed by atoms with van der Waals surface area (Å²) in [6.45, 7) is 4.98. The number of aryl methyl sites for hydroxylation is 3. The molecule has 0 fully saturated rings. The van der Waals surface area contributed by atoms with Crippen molar-refractivity contribution in [1.82, 2.24) is 14.5 Å². The van der Waals surface area contributed by atoms with E-state index in [-0.39, 0.29) is 28.8 Å². The molecule has 0 aliphatic carbocycles. The van der Waals surface area contributed by atoms with Gasteiger partial charge in [0.15, 0.2) is 0 Å². The first-order valence-electron chi connectivity index (χ1n) is 8.94. The number of methoxy groups -OCH3 is 1. The van der Waals surface area contributed by atoms with Crippen LogP contribution in [0.2, 0.25) is 5.02 Å². The van der Waals surface area contributed by atoms with E-state index in [1.807, 2.05) is 0 Å². The van der Waals surface area contributed by atoms with Crippen LogP contribution >= 0.6 is 11.6 Å². The number of halogens is 2. The SMILES string of the molecule is COC(=O)c1cc(-n2c(C)cc(OCc3ncc(C)cc3F)c(Cl)c2=O)c(C)cn1. The van der Waals surface area contributed by atoms with E-state index < -0.39 is 17.3 Å². The Kier molecular flexibility index (Phi) is 6.17. The normalized spacial score (nSPS) is 10.7. The maximum Gasteiger partial charge on any atom is 0.356 e. The summed E-state index contributed by atoms with van der Waals surface area (Å²) in [4.78, 5) is 32.8. The molecule has 0 spiro atoms. The zero-order valence-electron chi connectivity index (χ0n) is 16.8. The highest BCUT2D eigenvalue weighted by Gasteiger charge is 2.18. The molecule has 0 amide bonds. The van der Waals surface area contributed by atoms with Crippen LogP contribution < -0.4 is 10.3 Å². The summed E-state index contributed by atoms with van der Waals surface area (Å²) in [6, 6.07) is 4.37. The number of esters is 1. The van der Waals surface area contributed by atoms with Gasteiger partial charge in [0.2, 0.25) is 0 Å². The Morgan fingerprint density at radius 3 is 2.57 bits per heavy atom. The highest BCUT2D eigenvalue weighted by Crippen LogP contribution is 2.25. The molecule has 156 valence electrons. The van der Waals surface area contributed by atoms with Crippen LogP contribution in [0.5, 0.6) is 5.75 Å². The Bertz CT molecular complexity index is 1190.